The lowest BCUT2D eigenvalue weighted by molar-refractivity contribution is -0.141. The molecule has 1 aromatic carbocycles. The van der Waals surface area contributed by atoms with Gasteiger partial charge in [-0.15, -0.1) is 0 Å². The maximum absolute atomic E-state index is 12.5. The Labute approximate surface area is 86.5 Å². The summed E-state index contributed by atoms with van der Waals surface area (Å²) in [6.07, 6.45) is -0.0685. The van der Waals surface area contributed by atoms with Crippen LogP contribution in [0.1, 0.15) is 23.7 Å². The smallest absolute Gasteiger partial charge is 0.306 e. The lowest BCUT2D eigenvalue weighted by Gasteiger charge is -2.04. The molecular weight excluding hydrogens is 199 g/mol. The highest BCUT2D eigenvalue weighted by molar-refractivity contribution is 5.97. The summed E-state index contributed by atoms with van der Waals surface area (Å²) < 4.78 is 12.5. The lowest BCUT2D eigenvalue weighted by atomic mass is 10.00. The molecule has 0 saturated heterocycles. The quantitative estimate of drug-likeness (QED) is 0.774. The van der Waals surface area contributed by atoms with Crippen LogP contribution in [-0.2, 0) is 4.79 Å². The van der Waals surface area contributed by atoms with Crippen molar-refractivity contribution in [2.24, 2.45) is 5.92 Å². The molecule has 4 heteroatoms. The van der Waals surface area contributed by atoms with Gasteiger partial charge in [0.1, 0.15) is 5.82 Å². The van der Waals surface area contributed by atoms with Gasteiger partial charge in [0.15, 0.2) is 5.78 Å². The molecule has 3 nitrogen and oxygen atoms in total. The average Bonchev–Trinajstić information content (AvgIpc) is 2.18. The third kappa shape index (κ3) is 3.16. The first kappa shape index (κ1) is 11.4. The predicted molar refractivity (Wildman–Crippen MR) is 52.1 cm³/mol. The zero-order valence-electron chi connectivity index (χ0n) is 8.24. The second kappa shape index (κ2) is 4.68. The molecule has 80 valence electrons. The van der Waals surface area contributed by atoms with Crippen molar-refractivity contribution in [1.82, 2.24) is 0 Å². The molecule has 1 atom stereocenters. The van der Waals surface area contributed by atoms with Gasteiger partial charge in [0.05, 0.1) is 5.92 Å². The molecule has 1 aromatic rings. The van der Waals surface area contributed by atoms with Gasteiger partial charge in [-0.3, -0.25) is 9.59 Å². The SMILES string of the molecule is C[C@H](CC(=O)c1ccc(F)cc1)C(=O)O. The molecule has 1 rings (SSSR count). The van der Waals surface area contributed by atoms with Crippen LogP contribution in [-0.4, -0.2) is 16.9 Å². The van der Waals surface area contributed by atoms with Crippen molar-refractivity contribution in [2.75, 3.05) is 0 Å². The van der Waals surface area contributed by atoms with E-state index in [1.165, 1.54) is 31.2 Å². The van der Waals surface area contributed by atoms with Crippen LogP contribution >= 0.6 is 0 Å². The number of carbonyl (C=O) groups excluding carboxylic acids is 1. The van der Waals surface area contributed by atoms with Gasteiger partial charge in [0.25, 0.3) is 0 Å². The Morgan fingerprint density at radius 2 is 1.87 bits per heavy atom. The molecule has 0 radical (unpaired) electrons. The van der Waals surface area contributed by atoms with Crippen LogP contribution in [0.2, 0.25) is 0 Å². The van der Waals surface area contributed by atoms with Crippen LogP contribution in [0.5, 0.6) is 0 Å². The highest BCUT2D eigenvalue weighted by Gasteiger charge is 2.16. The van der Waals surface area contributed by atoms with Gasteiger partial charge in [-0.2, -0.15) is 0 Å². The first-order valence-electron chi connectivity index (χ1n) is 4.52. The van der Waals surface area contributed by atoms with E-state index in [9.17, 15) is 14.0 Å². The Morgan fingerprint density at radius 1 is 1.33 bits per heavy atom. The van der Waals surface area contributed by atoms with E-state index in [-0.39, 0.29) is 12.2 Å². The second-order valence-electron chi connectivity index (χ2n) is 3.37. The Morgan fingerprint density at radius 3 is 2.33 bits per heavy atom. The van der Waals surface area contributed by atoms with Gasteiger partial charge in [0.2, 0.25) is 0 Å². The molecule has 0 bridgehead atoms. The Bertz CT molecular complexity index is 370. The number of carbonyl (C=O) groups is 2. The van der Waals surface area contributed by atoms with Crippen molar-refractivity contribution in [3.8, 4) is 0 Å². The van der Waals surface area contributed by atoms with Crippen LogP contribution < -0.4 is 0 Å². The van der Waals surface area contributed by atoms with Gasteiger partial charge < -0.3 is 5.11 Å². The zero-order valence-corrected chi connectivity index (χ0v) is 8.24. The summed E-state index contributed by atoms with van der Waals surface area (Å²) in [5.74, 6) is -2.43. The number of aliphatic carboxylic acids is 1. The number of carboxylic acid groups (broad SMARTS) is 1. The summed E-state index contributed by atoms with van der Waals surface area (Å²) >= 11 is 0. The summed E-state index contributed by atoms with van der Waals surface area (Å²) in [6, 6.07) is 5.07. The van der Waals surface area contributed by atoms with Crippen molar-refractivity contribution in [2.45, 2.75) is 13.3 Å². The van der Waals surface area contributed by atoms with Crippen molar-refractivity contribution < 1.29 is 19.1 Å². The van der Waals surface area contributed by atoms with E-state index < -0.39 is 17.7 Å². The van der Waals surface area contributed by atoms with E-state index in [0.29, 0.717) is 5.56 Å². The van der Waals surface area contributed by atoms with Crippen molar-refractivity contribution in [3.63, 3.8) is 0 Å². The summed E-state index contributed by atoms with van der Waals surface area (Å²) in [5.41, 5.74) is 0.338. The van der Waals surface area contributed by atoms with E-state index in [4.69, 9.17) is 5.11 Å². The van der Waals surface area contributed by atoms with E-state index in [1.807, 2.05) is 0 Å². The molecule has 15 heavy (non-hydrogen) atoms. The van der Waals surface area contributed by atoms with E-state index in [1.54, 1.807) is 0 Å². The first-order valence-corrected chi connectivity index (χ1v) is 4.52. The largest absolute Gasteiger partial charge is 0.481 e. The standard InChI is InChI=1S/C11H11FO3/c1-7(11(14)15)6-10(13)8-2-4-9(12)5-3-8/h2-5,7H,6H2,1H3,(H,14,15)/t7-/m1/s1. The Balaban J connectivity index is 2.69. The molecule has 0 aromatic heterocycles. The van der Waals surface area contributed by atoms with Crippen LogP contribution in [0.15, 0.2) is 24.3 Å². The number of carboxylic acids is 1. The maximum Gasteiger partial charge on any atom is 0.306 e. The fraction of sp³-hybridized carbons (Fsp3) is 0.273. The second-order valence-corrected chi connectivity index (χ2v) is 3.37. The molecule has 0 aliphatic heterocycles. The minimum atomic E-state index is -1.01. The van der Waals surface area contributed by atoms with Gasteiger partial charge in [-0.1, -0.05) is 6.92 Å². The van der Waals surface area contributed by atoms with Gasteiger partial charge >= 0.3 is 5.97 Å². The molecular formula is C11H11FO3. The number of rotatable bonds is 4. The highest BCUT2D eigenvalue weighted by Crippen LogP contribution is 2.10. The summed E-state index contributed by atoms with van der Waals surface area (Å²) in [4.78, 5) is 22.0. The Kier molecular flexibility index (Phi) is 3.55. The van der Waals surface area contributed by atoms with Crippen LogP contribution in [0.25, 0.3) is 0 Å². The number of hydrogen-bond donors (Lipinski definition) is 1. The normalized spacial score (nSPS) is 12.1. The molecule has 0 saturated carbocycles. The molecule has 0 heterocycles. The number of hydrogen-bond acceptors (Lipinski definition) is 2. The fourth-order valence-electron chi connectivity index (χ4n) is 1.12. The third-order valence-electron chi connectivity index (χ3n) is 2.08. The predicted octanol–water partition coefficient (Wildman–Crippen LogP) is 2.12. The number of Topliss-reactive ketones (excluding diaryl/α,β-unsaturated/α-hetero) is 1. The molecule has 0 fully saturated rings. The van der Waals surface area contributed by atoms with Crippen molar-refractivity contribution in [1.29, 1.82) is 0 Å². The molecule has 0 aliphatic rings. The minimum Gasteiger partial charge on any atom is -0.481 e. The van der Waals surface area contributed by atoms with Gasteiger partial charge in [-0.05, 0) is 24.3 Å². The summed E-state index contributed by atoms with van der Waals surface area (Å²) in [7, 11) is 0. The summed E-state index contributed by atoms with van der Waals surface area (Å²) in [5, 5.41) is 8.61. The van der Waals surface area contributed by atoms with Crippen molar-refractivity contribution in [3.05, 3.63) is 35.6 Å². The monoisotopic (exact) mass is 210 g/mol. The van der Waals surface area contributed by atoms with Crippen LogP contribution in [0.3, 0.4) is 0 Å². The minimum absolute atomic E-state index is 0.0685. The van der Waals surface area contributed by atoms with E-state index in [2.05, 4.69) is 0 Å². The Hall–Kier alpha value is -1.71. The highest BCUT2D eigenvalue weighted by atomic mass is 19.1. The topological polar surface area (TPSA) is 54.4 Å². The van der Waals surface area contributed by atoms with Crippen LogP contribution in [0.4, 0.5) is 4.39 Å². The zero-order chi connectivity index (χ0) is 11.4. The van der Waals surface area contributed by atoms with Crippen LogP contribution in [0, 0.1) is 11.7 Å². The van der Waals surface area contributed by atoms with E-state index >= 15 is 0 Å². The molecule has 1 N–H and O–H groups in total. The number of ketones is 1. The fourth-order valence-corrected chi connectivity index (χ4v) is 1.12. The molecule has 0 spiro atoms. The number of benzene rings is 1. The lowest BCUT2D eigenvalue weighted by Crippen LogP contribution is -2.14. The van der Waals surface area contributed by atoms with Gasteiger partial charge in [-0.25, -0.2) is 4.39 Å². The van der Waals surface area contributed by atoms with E-state index in [0.717, 1.165) is 0 Å². The van der Waals surface area contributed by atoms with Crippen molar-refractivity contribution >= 4 is 11.8 Å². The molecule has 0 unspecified atom stereocenters. The third-order valence-corrected chi connectivity index (χ3v) is 2.08. The number of halogens is 1. The first-order chi connectivity index (χ1) is 7.00. The maximum atomic E-state index is 12.5. The summed E-state index contributed by atoms with van der Waals surface area (Å²) in [6.45, 7) is 1.46. The molecule has 0 amide bonds. The molecule has 0 aliphatic carbocycles. The van der Waals surface area contributed by atoms with Gasteiger partial charge in [0, 0.05) is 12.0 Å². The average molecular weight is 210 g/mol.